The van der Waals surface area contributed by atoms with Crippen LogP contribution in [0, 0.1) is 12.7 Å². The summed E-state index contributed by atoms with van der Waals surface area (Å²) in [7, 11) is 0. The van der Waals surface area contributed by atoms with Gasteiger partial charge in [-0.3, -0.25) is 9.88 Å². The molecule has 0 radical (unpaired) electrons. The van der Waals surface area contributed by atoms with Gasteiger partial charge in [-0.1, -0.05) is 11.6 Å². The average Bonchev–Trinajstić information content (AvgIpc) is 2.95. The number of aromatic nitrogens is 3. The summed E-state index contributed by atoms with van der Waals surface area (Å²) < 4.78 is 55.7. The van der Waals surface area contributed by atoms with Gasteiger partial charge in [0.05, 0.1) is 24.1 Å². The number of hydrogen-bond acceptors (Lipinski definition) is 9. The molecule has 1 aromatic carbocycles. The highest BCUT2D eigenvalue weighted by molar-refractivity contribution is 6.31. The number of alkyl halides is 2. The normalized spacial score (nSPS) is 21.5. The third-order valence-electron chi connectivity index (χ3n) is 8.12. The molecule has 1 atom stereocenters. The van der Waals surface area contributed by atoms with Crippen molar-refractivity contribution in [3.8, 4) is 23.0 Å². The SMILES string of the molecule is CCOCC1(O)CCCCN(c2nc(OCN3CCCC(F)(F)C3)nc3c(F)c(-c4cc(O)cc(Cl)c4C)ncc23)CC1. The molecule has 13 heteroatoms. The van der Waals surface area contributed by atoms with E-state index in [9.17, 15) is 19.0 Å². The van der Waals surface area contributed by atoms with E-state index in [-0.39, 0.29) is 47.8 Å². The molecule has 3 aromatic rings. The molecule has 0 bridgehead atoms. The van der Waals surface area contributed by atoms with E-state index in [1.54, 1.807) is 6.92 Å². The summed E-state index contributed by atoms with van der Waals surface area (Å²) in [6.07, 6.45) is 4.12. The first-order valence-corrected chi connectivity index (χ1v) is 15.0. The first kappa shape index (κ1) is 31.5. The summed E-state index contributed by atoms with van der Waals surface area (Å²) in [5.74, 6) is -3.35. The Morgan fingerprint density at radius 3 is 2.65 bits per heavy atom. The van der Waals surface area contributed by atoms with Gasteiger partial charge in [0, 0.05) is 49.4 Å². The Morgan fingerprint density at radius 2 is 1.88 bits per heavy atom. The van der Waals surface area contributed by atoms with Crippen LogP contribution in [0.1, 0.15) is 51.0 Å². The van der Waals surface area contributed by atoms with Crippen LogP contribution >= 0.6 is 11.6 Å². The molecule has 0 saturated carbocycles. The Kier molecular flexibility index (Phi) is 9.50. The molecule has 2 saturated heterocycles. The predicted octanol–water partition coefficient (Wildman–Crippen LogP) is 5.71. The quantitative estimate of drug-likeness (QED) is 0.326. The Hall–Kier alpha value is -2.93. The van der Waals surface area contributed by atoms with Gasteiger partial charge in [-0.05, 0) is 63.6 Å². The van der Waals surface area contributed by atoms with Gasteiger partial charge in [-0.25, -0.2) is 13.2 Å². The number of phenolic OH excluding ortho intramolecular Hbond substituents is 1. The number of likely N-dealkylation sites (tertiary alicyclic amines) is 1. The molecule has 2 fully saturated rings. The molecule has 0 aliphatic carbocycles. The van der Waals surface area contributed by atoms with Crippen molar-refractivity contribution in [2.45, 2.75) is 63.9 Å². The third-order valence-corrected chi connectivity index (χ3v) is 8.51. The highest BCUT2D eigenvalue weighted by Gasteiger charge is 2.35. The van der Waals surface area contributed by atoms with Crippen molar-refractivity contribution in [2.75, 3.05) is 51.0 Å². The number of piperidine rings is 1. The number of pyridine rings is 1. The molecule has 43 heavy (non-hydrogen) atoms. The van der Waals surface area contributed by atoms with Crippen LogP contribution < -0.4 is 9.64 Å². The third kappa shape index (κ3) is 7.25. The highest BCUT2D eigenvalue weighted by Crippen LogP contribution is 2.37. The topological polar surface area (TPSA) is 104 Å². The molecule has 2 aliphatic heterocycles. The fraction of sp³-hybridized carbons (Fsp3) is 0.567. The van der Waals surface area contributed by atoms with Crippen LogP contribution in [0.15, 0.2) is 18.3 Å². The molecule has 5 rings (SSSR count). The first-order chi connectivity index (χ1) is 20.5. The Morgan fingerprint density at radius 1 is 1.07 bits per heavy atom. The molecular weight excluding hydrogens is 587 g/mol. The number of ether oxygens (including phenoxy) is 2. The van der Waals surface area contributed by atoms with Crippen molar-refractivity contribution in [1.82, 2.24) is 19.9 Å². The molecule has 1 unspecified atom stereocenters. The zero-order chi connectivity index (χ0) is 30.8. The summed E-state index contributed by atoms with van der Waals surface area (Å²) >= 11 is 6.26. The largest absolute Gasteiger partial charge is 0.508 e. The zero-order valence-corrected chi connectivity index (χ0v) is 25.1. The van der Waals surface area contributed by atoms with E-state index in [4.69, 9.17) is 21.1 Å². The summed E-state index contributed by atoms with van der Waals surface area (Å²) in [6.45, 7) is 5.05. The Balaban J connectivity index is 1.55. The monoisotopic (exact) mass is 623 g/mol. The molecule has 234 valence electrons. The van der Waals surface area contributed by atoms with E-state index in [2.05, 4.69) is 15.0 Å². The van der Waals surface area contributed by atoms with Gasteiger partial charge in [0.15, 0.2) is 5.82 Å². The minimum Gasteiger partial charge on any atom is -0.508 e. The van der Waals surface area contributed by atoms with E-state index >= 15 is 4.39 Å². The predicted molar refractivity (Wildman–Crippen MR) is 158 cm³/mol. The van der Waals surface area contributed by atoms with Crippen molar-refractivity contribution in [3.63, 3.8) is 0 Å². The Labute approximate surface area is 253 Å². The van der Waals surface area contributed by atoms with E-state index in [0.29, 0.717) is 67.8 Å². The molecule has 9 nitrogen and oxygen atoms in total. The number of benzene rings is 1. The number of phenols is 1. The van der Waals surface area contributed by atoms with Crippen molar-refractivity contribution in [3.05, 3.63) is 34.7 Å². The van der Waals surface area contributed by atoms with Crippen molar-refractivity contribution in [1.29, 1.82) is 0 Å². The lowest BCUT2D eigenvalue weighted by molar-refractivity contribution is -0.0798. The first-order valence-electron chi connectivity index (χ1n) is 14.6. The van der Waals surface area contributed by atoms with Gasteiger partial charge in [-0.2, -0.15) is 9.97 Å². The molecule has 2 aromatic heterocycles. The Bertz CT molecular complexity index is 1460. The standard InChI is InChI=1S/C30H37ClF3N5O4/c1-3-42-17-29(41)7-4-5-11-39(12-9-29)27-22-15-35-25(21-13-20(40)14-23(31)19(21)2)24(32)26(22)36-28(37-27)43-18-38-10-6-8-30(33,34)16-38/h13-15,40-41H,3-12,16-18H2,1-2H3. The minimum atomic E-state index is -2.81. The van der Waals surface area contributed by atoms with Crippen LogP contribution in [-0.2, 0) is 4.74 Å². The maximum Gasteiger partial charge on any atom is 0.320 e. The fourth-order valence-electron chi connectivity index (χ4n) is 5.72. The van der Waals surface area contributed by atoms with Crippen LogP contribution in [0.5, 0.6) is 11.8 Å². The van der Waals surface area contributed by atoms with E-state index in [1.807, 2.05) is 11.8 Å². The number of fused-ring (bicyclic) bond motifs is 1. The number of halogens is 4. The summed E-state index contributed by atoms with van der Waals surface area (Å²) in [5, 5.41) is 21.9. The second-order valence-corrected chi connectivity index (χ2v) is 11.9. The van der Waals surface area contributed by atoms with Gasteiger partial charge in [-0.15, -0.1) is 0 Å². The molecular formula is C30H37ClF3N5O4. The fourth-order valence-corrected chi connectivity index (χ4v) is 5.93. The zero-order valence-electron chi connectivity index (χ0n) is 24.4. The van der Waals surface area contributed by atoms with Gasteiger partial charge in [0.1, 0.15) is 29.5 Å². The van der Waals surface area contributed by atoms with E-state index < -0.39 is 23.9 Å². The average molecular weight is 624 g/mol. The maximum atomic E-state index is 16.3. The van der Waals surface area contributed by atoms with Crippen LogP contribution in [0.25, 0.3) is 22.2 Å². The smallest absolute Gasteiger partial charge is 0.320 e. The number of anilines is 1. The molecule has 0 amide bonds. The van der Waals surface area contributed by atoms with Crippen LogP contribution in [0.3, 0.4) is 0 Å². The number of rotatable bonds is 8. The van der Waals surface area contributed by atoms with Gasteiger partial charge < -0.3 is 24.6 Å². The maximum absolute atomic E-state index is 16.3. The molecule has 2 N–H and O–H groups in total. The van der Waals surface area contributed by atoms with Crippen LogP contribution in [0.4, 0.5) is 19.0 Å². The number of aromatic hydroxyl groups is 1. The summed E-state index contributed by atoms with van der Waals surface area (Å²) in [6, 6.07) is 2.58. The summed E-state index contributed by atoms with van der Waals surface area (Å²) in [4.78, 5) is 16.8. The molecule has 2 aliphatic rings. The van der Waals surface area contributed by atoms with Gasteiger partial charge >= 0.3 is 6.01 Å². The number of nitrogens with zero attached hydrogens (tertiary/aromatic N) is 5. The second-order valence-electron chi connectivity index (χ2n) is 11.5. The lowest BCUT2D eigenvalue weighted by Crippen LogP contribution is -2.44. The van der Waals surface area contributed by atoms with Crippen LogP contribution in [-0.4, -0.2) is 87.7 Å². The highest BCUT2D eigenvalue weighted by atomic mass is 35.5. The minimum absolute atomic E-state index is 0.0622. The van der Waals surface area contributed by atoms with Crippen molar-refractivity contribution >= 4 is 28.3 Å². The summed E-state index contributed by atoms with van der Waals surface area (Å²) in [5.41, 5.74) is -0.319. The molecule has 4 heterocycles. The van der Waals surface area contributed by atoms with Gasteiger partial charge in [0.2, 0.25) is 0 Å². The van der Waals surface area contributed by atoms with Crippen molar-refractivity contribution < 1.29 is 32.9 Å². The lowest BCUT2D eigenvalue weighted by Gasteiger charge is -2.35. The molecule has 0 spiro atoms. The van der Waals surface area contributed by atoms with Gasteiger partial charge in [0.25, 0.3) is 5.92 Å². The van der Waals surface area contributed by atoms with Crippen molar-refractivity contribution in [2.24, 2.45) is 0 Å². The van der Waals surface area contributed by atoms with E-state index in [1.165, 1.54) is 23.2 Å². The lowest BCUT2D eigenvalue weighted by atomic mass is 9.91. The number of hydrogen-bond donors (Lipinski definition) is 2. The van der Waals surface area contributed by atoms with Crippen LogP contribution in [0.2, 0.25) is 5.02 Å². The van der Waals surface area contributed by atoms with E-state index in [0.717, 1.165) is 12.8 Å². The number of aliphatic hydroxyl groups is 1. The second kappa shape index (κ2) is 13.0.